The fraction of sp³-hybridized carbons (Fsp3) is 0.333. The highest BCUT2D eigenvalue weighted by Gasteiger charge is 2.27. The molecule has 0 radical (unpaired) electrons. The lowest BCUT2D eigenvalue weighted by molar-refractivity contribution is 0.0518. The Hall–Kier alpha value is -2.65. The second-order valence-electron chi connectivity index (χ2n) is 6.38. The fourth-order valence-electron chi connectivity index (χ4n) is 2.85. The van der Waals surface area contributed by atoms with Gasteiger partial charge in [0.05, 0.1) is 11.2 Å². The lowest BCUT2D eigenvalue weighted by Crippen LogP contribution is -2.50. The van der Waals surface area contributed by atoms with Crippen molar-refractivity contribution in [1.82, 2.24) is 14.1 Å². The summed E-state index contributed by atoms with van der Waals surface area (Å²) >= 11 is 0. The molecule has 3 rings (SSSR count). The maximum Gasteiger partial charge on any atom is 0.289 e. The molecule has 1 aromatic carbocycles. The van der Waals surface area contributed by atoms with Gasteiger partial charge in [0.25, 0.3) is 11.8 Å². The van der Waals surface area contributed by atoms with Crippen LogP contribution >= 0.6 is 0 Å². The van der Waals surface area contributed by atoms with Crippen molar-refractivity contribution < 1.29 is 22.4 Å². The van der Waals surface area contributed by atoms with Crippen molar-refractivity contribution >= 4 is 21.8 Å². The predicted octanol–water partition coefficient (Wildman–Crippen LogP) is 1.13. The second kappa shape index (κ2) is 7.53. The van der Waals surface area contributed by atoms with Crippen LogP contribution in [0, 0.1) is 0 Å². The predicted molar refractivity (Wildman–Crippen MR) is 97.8 cm³/mol. The third-order valence-electron chi connectivity index (χ3n) is 4.45. The van der Waals surface area contributed by atoms with E-state index < -0.39 is 10.0 Å². The Balaban J connectivity index is 1.69. The molecule has 1 fully saturated rings. The molecule has 0 atom stereocenters. The van der Waals surface area contributed by atoms with Gasteiger partial charge in [-0.3, -0.25) is 9.59 Å². The highest BCUT2D eigenvalue weighted by atomic mass is 32.2. The third-order valence-corrected chi connectivity index (χ3v) is 6.26. The van der Waals surface area contributed by atoms with E-state index in [0.717, 1.165) is 4.31 Å². The van der Waals surface area contributed by atoms with Crippen LogP contribution in [-0.4, -0.2) is 74.6 Å². The van der Waals surface area contributed by atoms with Gasteiger partial charge in [0, 0.05) is 45.8 Å². The second-order valence-corrected chi connectivity index (χ2v) is 8.53. The molecule has 2 amide bonds. The summed E-state index contributed by atoms with van der Waals surface area (Å²) in [7, 11) is -0.722. The van der Waals surface area contributed by atoms with E-state index in [1.807, 2.05) is 0 Å². The molecule has 1 aliphatic rings. The number of sulfonamides is 1. The molecule has 0 saturated carbocycles. The molecule has 1 aromatic heterocycles. The van der Waals surface area contributed by atoms with Crippen LogP contribution in [0.15, 0.2) is 52.0 Å². The maximum atomic E-state index is 12.7. The third kappa shape index (κ3) is 3.88. The fourth-order valence-corrected chi connectivity index (χ4v) is 3.80. The summed E-state index contributed by atoms with van der Waals surface area (Å²) in [6, 6.07) is 9.26. The van der Waals surface area contributed by atoms with Gasteiger partial charge in [-0.25, -0.2) is 12.7 Å². The Kier molecular flexibility index (Phi) is 5.33. The van der Waals surface area contributed by atoms with E-state index in [9.17, 15) is 18.0 Å². The van der Waals surface area contributed by atoms with Crippen molar-refractivity contribution in [3.05, 3.63) is 54.0 Å². The van der Waals surface area contributed by atoms with Crippen LogP contribution in [0.5, 0.6) is 0 Å². The molecule has 0 spiro atoms. The number of carbonyl (C=O) groups is 2. The standard InChI is InChI=1S/C18H21N3O5S/c1-19(2)27(24,25)15-6-3-5-14(13-15)17(22)20-8-10-21(11-9-20)18(23)16-7-4-12-26-16/h3-7,12-13H,8-11H2,1-2H3. The number of amides is 2. The molecule has 1 saturated heterocycles. The molecule has 8 nitrogen and oxygen atoms in total. The Bertz CT molecular complexity index is 930. The average Bonchev–Trinajstić information content (AvgIpc) is 3.21. The summed E-state index contributed by atoms with van der Waals surface area (Å²) in [4.78, 5) is 28.4. The molecule has 1 aliphatic heterocycles. The smallest absolute Gasteiger partial charge is 0.289 e. The Morgan fingerprint density at radius 3 is 2.15 bits per heavy atom. The highest BCUT2D eigenvalue weighted by Crippen LogP contribution is 2.17. The van der Waals surface area contributed by atoms with Gasteiger partial charge < -0.3 is 14.2 Å². The molecule has 144 valence electrons. The van der Waals surface area contributed by atoms with Gasteiger partial charge in [-0.1, -0.05) is 6.07 Å². The first-order chi connectivity index (χ1) is 12.8. The number of carbonyl (C=O) groups excluding carboxylic acids is 2. The van der Waals surface area contributed by atoms with Crippen molar-refractivity contribution in [2.75, 3.05) is 40.3 Å². The molecule has 2 heterocycles. The molecule has 9 heteroatoms. The maximum absolute atomic E-state index is 12.7. The number of furan rings is 1. The van der Waals surface area contributed by atoms with E-state index in [1.54, 1.807) is 34.1 Å². The van der Waals surface area contributed by atoms with Gasteiger partial charge in [-0.05, 0) is 30.3 Å². The van der Waals surface area contributed by atoms with Gasteiger partial charge in [0.15, 0.2) is 5.76 Å². The van der Waals surface area contributed by atoms with Crippen molar-refractivity contribution in [3.8, 4) is 0 Å². The minimum Gasteiger partial charge on any atom is -0.459 e. The monoisotopic (exact) mass is 391 g/mol. The van der Waals surface area contributed by atoms with Gasteiger partial charge in [0.2, 0.25) is 10.0 Å². The van der Waals surface area contributed by atoms with Crippen LogP contribution in [-0.2, 0) is 10.0 Å². The number of nitrogens with zero attached hydrogens (tertiary/aromatic N) is 3. The van der Waals surface area contributed by atoms with E-state index in [4.69, 9.17) is 4.42 Å². The van der Waals surface area contributed by atoms with E-state index in [0.29, 0.717) is 31.7 Å². The van der Waals surface area contributed by atoms with E-state index in [1.165, 1.54) is 32.5 Å². The summed E-state index contributed by atoms with van der Waals surface area (Å²) in [5, 5.41) is 0. The Labute approximate surface area is 158 Å². The Morgan fingerprint density at radius 1 is 0.963 bits per heavy atom. The van der Waals surface area contributed by atoms with Gasteiger partial charge in [-0.15, -0.1) is 0 Å². The largest absolute Gasteiger partial charge is 0.459 e. The summed E-state index contributed by atoms with van der Waals surface area (Å²) < 4.78 is 30.8. The average molecular weight is 391 g/mol. The quantitative estimate of drug-likeness (QED) is 0.779. The van der Waals surface area contributed by atoms with Crippen LogP contribution in [0.25, 0.3) is 0 Å². The number of benzene rings is 1. The first kappa shape index (κ1) is 19.1. The van der Waals surface area contributed by atoms with Crippen LogP contribution in [0.2, 0.25) is 0 Å². The minimum absolute atomic E-state index is 0.0741. The van der Waals surface area contributed by atoms with Gasteiger partial charge in [0.1, 0.15) is 0 Å². The van der Waals surface area contributed by atoms with E-state index >= 15 is 0 Å². The van der Waals surface area contributed by atoms with Crippen molar-refractivity contribution in [2.24, 2.45) is 0 Å². The van der Waals surface area contributed by atoms with E-state index in [-0.39, 0.29) is 22.5 Å². The summed E-state index contributed by atoms with van der Waals surface area (Å²) in [6.45, 7) is 1.52. The summed E-state index contributed by atoms with van der Waals surface area (Å²) in [5.41, 5.74) is 0.309. The number of hydrogen-bond donors (Lipinski definition) is 0. The SMILES string of the molecule is CN(C)S(=O)(=O)c1cccc(C(=O)N2CCN(C(=O)c3ccco3)CC2)c1. The van der Waals surface area contributed by atoms with Crippen molar-refractivity contribution in [3.63, 3.8) is 0 Å². The molecular weight excluding hydrogens is 370 g/mol. The zero-order valence-corrected chi connectivity index (χ0v) is 16.0. The van der Waals surface area contributed by atoms with Gasteiger partial charge in [-0.2, -0.15) is 0 Å². The molecule has 27 heavy (non-hydrogen) atoms. The van der Waals surface area contributed by atoms with Crippen molar-refractivity contribution in [2.45, 2.75) is 4.90 Å². The van der Waals surface area contributed by atoms with Crippen LogP contribution < -0.4 is 0 Å². The Morgan fingerprint density at radius 2 is 1.59 bits per heavy atom. The normalized spacial score (nSPS) is 15.2. The van der Waals surface area contributed by atoms with Crippen LogP contribution in [0.3, 0.4) is 0 Å². The topological polar surface area (TPSA) is 91.1 Å². The van der Waals surface area contributed by atoms with Crippen LogP contribution in [0.4, 0.5) is 0 Å². The summed E-state index contributed by atoms with van der Waals surface area (Å²) in [6.07, 6.45) is 1.45. The molecule has 2 aromatic rings. The molecule has 0 unspecified atom stereocenters. The summed E-state index contributed by atoms with van der Waals surface area (Å²) in [5.74, 6) is -0.182. The lowest BCUT2D eigenvalue weighted by Gasteiger charge is -2.34. The number of piperazine rings is 1. The first-order valence-corrected chi connectivity index (χ1v) is 9.89. The molecule has 0 N–H and O–H groups in total. The first-order valence-electron chi connectivity index (χ1n) is 8.45. The molecular formula is C18H21N3O5S. The lowest BCUT2D eigenvalue weighted by atomic mass is 10.2. The minimum atomic E-state index is -3.61. The zero-order chi connectivity index (χ0) is 19.6. The van der Waals surface area contributed by atoms with Gasteiger partial charge >= 0.3 is 0 Å². The van der Waals surface area contributed by atoms with E-state index in [2.05, 4.69) is 0 Å². The van der Waals surface area contributed by atoms with Crippen LogP contribution in [0.1, 0.15) is 20.9 Å². The van der Waals surface area contributed by atoms with Crippen molar-refractivity contribution in [1.29, 1.82) is 0 Å². The molecule has 0 bridgehead atoms. The number of rotatable bonds is 4. The highest BCUT2D eigenvalue weighted by molar-refractivity contribution is 7.89. The number of hydrogen-bond acceptors (Lipinski definition) is 5. The zero-order valence-electron chi connectivity index (χ0n) is 15.2. The molecule has 0 aliphatic carbocycles.